The van der Waals surface area contributed by atoms with Crippen LogP contribution in [0.5, 0.6) is 0 Å². The lowest BCUT2D eigenvalue weighted by molar-refractivity contribution is -0.130. The van der Waals surface area contributed by atoms with Crippen LogP contribution < -0.4 is 11.1 Å². The number of nitrogens with one attached hydrogen (secondary N) is 1. The molecule has 0 aliphatic rings. The molecule has 2 rings (SSSR count). The molecule has 6 heteroatoms. The standard InChI is InChI=1S/C18H19IN2O3/c19-15-8-4-7-14(9-15)10-16(18(20)23)21-17(22)12-24-11-13-5-2-1-3-6-13/h1-9,16H,10-12H2,(H2,20,23)(H,21,22)/t16-/m0/s1. The van der Waals surface area contributed by atoms with Gasteiger partial charge in [-0.3, -0.25) is 9.59 Å². The number of nitrogens with two attached hydrogens (primary N) is 1. The van der Waals surface area contributed by atoms with E-state index in [1.807, 2.05) is 54.6 Å². The predicted octanol–water partition coefficient (Wildman–Crippen LogP) is 2.02. The zero-order chi connectivity index (χ0) is 17.4. The monoisotopic (exact) mass is 438 g/mol. The maximum atomic E-state index is 12.0. The highest BCUT2D eigenvalue weighted by atomic mass is 127. The van der Waals surface area contributed by atoms with Gasteiger partial charge in [0, 0.05) is 9.99 Å². The molecule has 2 aromatic rings. The van der Waals surface area contributed by atoms with Crippen LogP contribution in [0, 0.1) is 3.57 Å². The second-order valence-corrected chi connectivity index (χ2v) is 6.58. The van der Waals surface area contributed by atoms with Gasteiger partial charge in [0.25, 0.3) is 0 Å². The fourth-order valence-electron chi connectivity index (χ4n) is 2.19. The Hall–Kier alpha value is -1.93. The Morgan fingerprint density at radius 2 is 1.79 bits per heavy atom. The van der Waals surface area contributed by atoms with Gasteiger partial charge in [0.05, 0.1) is 6.61 Å². The number of halogens is 1. The minimum absolute atomic E-state index is 0.120. The summed E-state index contributed by atoms with van der Waals surface area (Å²) in [5.74, 6) is -0.925. The molecule has 0 fully saturated rings. The Bertz CT molecular complexity index is 692. The first kappa shape index (κ1) is 18.4. The van der Waals surface area contributed by atoms with Gasteiger partial charge in [-0.15, -0.1) is 0 Å². The fourth-order valence-corrected chi connectivity index (χ4v) is 2.80. The molecule has 2 amide bonds. The maximum Gasteiger partial charge on any atom is 0.246 e. The third kappa shape index (κ3) is 6.29. The first-order chi connectivity index (χ1) is 11.5. The highest BCUT2D eigenvalue weighted by Crippen LogP contribution is 2.10. The van der Waals surface area contributed by atoms with E-state index in [4.69, 9.17) is 10.5 Å². The quantitative estimate of drug-likeness (QED) is 0.619. The molecule has 0 heterocycles. The van der Waals surface area contributed by atoms with Crippen LogP contribution in [0.15, 0.2) is 54.6 Å². The van der Waals surface area contributed by atoms with Crippen molar-refractivity contribution in [3.63, 3.8) is 0 Å². The average Bonchev–Trinajstić information content (AvgIpc) is 2.55. The maximum absolute atomic E-state index is 12.0. The van der Waals surface area contributed by atoms with Gasteiger partial charge in [-0.2, -0.15) is 0 Å². The van der Waals surface area contributed by atoms with Crippen LogP contribution in [-0.2, 0) is 27.4 Å². The summed E-state index contributed by atoms with van der Waals surface area (Å²) < 4.78 is 6.43. The van der Waals surface area contributed by atoms with Crippen molar-refractivity contribution in [3.8, 4) is 0 Å². The van der Waals surface area contributed by atoms with E-state index in [2.05, 4.69) is 27.9 Å². The molecular formula is C18H19IN2O3. The summed E-state index contributed by atoms with van der Waals surface area (Å²) in [6.45, 7) is 0.220. The van der Waals surface area contributed by atoms with E-state index in [0.29, 0.717) is 13.0 Å². The van der Waals surface area contributed by atoms with E-state index in [-0.39, 0.29) is 12.5 Å². The van der Waals surface area contributed by atoms with Crippen molar-refractivity contribution in [1.82, 2.24) is 5.32 Å². The van der Waals surface area contributed by atoms with E-state index >= 15 is 0 Å². The summed E-state index contributed by atoms with van der Waals surface area (Å²) in [5, 5.41) is 2.63. The topological polar surface area (TPSA) is 81.4 Å². The minimum Gasteiger partial charge on any atom is -0.368 e. The van der Waals surface area contributed by atoms with Crippen LogP contribution in [0.4, 0.5) is 0 Å². The largest absolute Gasteiger partial charge is 0.368 e. The van der Waals surface area contributed by atoms with Gasteiger partial charge in [-0.25, -0.2) is 0 Å². The molecule has 2 aromatic carbocycles. The van der Waals surface area contributed by atoms with E-state index in [1.165, 1.54) is 0 Å². The van der Waals surface area contributed by atoms with Crippen molar-refractivity contribution in [2.75, 3.05) is 6.61 Å². The van der Waals surface area contributed by atoms with Crippen molar-refractivity contribution >= 4 is 34.4 Å². The van der Waals surface area contributed by atoms with Gasteiger partial charge >= 0.3 is 0 Å². The van der Waals surface area contributed by atoms with Gasteiger partial charge in [0.1, 0.15) is 12.6 Å². The summed E-state index contributed by atoms with van der Waals surface area (Å²) in [7, 11) is 0. The van der Waals surface area contributed by atoms with Crippen LogP contribution >= 0.6 is 22.6 Å². The first-order valence-electron chi connectivity index (χ1n) is 7.49. The molecule has 0 bridgehead atoms. The molecule has 0 saturated heterocycles. The Morgan fingerprint density at radius 3 is 2.46 bits per heavy atom. The first-order valence-corrected chi connectivity index (χ1v) is 8.57. The second-order valence-electron chi connectivity index (χ2n) is 5.33. The molecule has 3 N–H and O–H groups in total. The lowest BCUT2D eigenvalue weighted by Gasteiger charge is -2.16. The number of ether oxygens (including phenoxy) is 1. The summed E-state index contributed by atoms with van der Waals surface area (Å²) in [4.78, 5) is 23.5. The number of carbonyl (C=O) groups excluding carboxylic acids is 2. The van der Waals surface area contributed by atoms with Crippen molar-refractivity contribution in [1.29, 1.82) is 0 Å². The van der Waals surface area contributed by atoms with Crippen LogP contribution in [-0.4, -0.2) is 24.5 Å². The van der Waals surface area contributed by atoms with Gasteiger partial charge in [0.2, 0.25) is 11.8 Å². The Balaban J connectivity index is 1.83. The Morgan fingerprint density at radius 1 is 1.08 bits per heavy atom. The third-order valence-corrected chi connectivity index (χ3v) is 4.02. The molecule has 5 nitrogen and oxygen atoms in total. The van der Waals surface area contributed by atoms with Crippen molar-refractivity contribution in [2.45, 2.75) is 19.1 Å². The molecular weight excluding hydrogens is 419 g/mol. The highest BCUT2D eigenvalue weighted by molar-refractivity contribution is 14.1. The molecule has 1 atom stereocenters. The fraction of sp³-hybridized carbons (Fsp3) is 0.222. The molecule has 0 spiro atoms. The summed E-state index contributed by atoms with van der Waals surface area (Å²) in [6.07, 6.45) is 0.358. The third-order valence-electron chi connectivity index (χ3n) is 3.35. The average molecular weight is 438 g/mol. The number of amides is 2. The van der Waals surface area contributed by atoms with Gasteiger partial charge in [0.15, 0.2) is 0 Å². The number of primary amides is 1. The summed E-state index contributed by atoms with van der Waals surface area (Å²) >= 11 is 2.20. The van der Waals surface area contributed by atoms with E-state index in [1.54, 1.807) is 0 Å². The lowest BCUT2D eigenvalue weighted by atomic mass is 10.1. The zero-order valence-electron chi connectivity index (χ0n) is 13.1. The molecule has 126 valence electrons. The molecule has 0 aliphatic carbocycles. The Kier molecular flexibility index (Phi) is 7.20. The second kappa shape index (κ2) is 9.39. The lowest BCUT2D eigenvalue weighted by Crippen LogP contribution is -2.47. The highest BCUT2D eigenvalue weighted by Gasteiger charge is 2.18. The van der Waals surface area contributed by atoms with Gasteiger partial charge in [-0.1, -0.05) is 42.5 Å². The van der Waals surface area contributed by atoms with Crippen LogP contribution in [0.3, 0.4) is 0 Å². The number of carbonyl (C=O) groups is 2. The predicted molar refractivity (Wildman–Crippen MR) is 100 cm³/mol. The summed E-state index contributed by atoms with van der Waals surface area (Å²) in [5.41, 5.74) is 7.32. The van der Waals surface area contributed by atoms with Gasteiger partial charge < -0.3 is 15.8 Å². The van der Waals surface area contributed by atoms with Crippen LogP contribution in [0.25, 0.3) is 0 Å². The smallest absolute Gasteiger partial charge is 0.246 e. The van der Waals surface area contributed by atoms with Crippen molar-refractivity contribution in [2.24, 2.45) is 5.73 Å². The molecule has 0 unspecified atom stereocenters. The summed E-state index contributed by atoms with van der Waals surface area (Å²) in [6, 6.07) is 16.5. The number of rotatable bonds is 8. The zero-order valence-corrected chi connectivity index (χ0v) is 15.2. The normalized spacial score (nSPS) is 11.7. The van der Waals surface area contributed by atoms with Gasteiger partial charge in [-0.05, 0) is 45.9 Å². The number of hydrogen-bond donors (Lipinski definition) is 2. The Labute approximate surface area is 154 Å². The van der Waals surface area contributed by atoms with Crippen LogP contribution in [0.1, 0.15) is 11.1 Å². The number of benzene rings is 2. The van der Waals surface area contributed by atoms with E-state index in [9.17, 15) is 9.59 Å². The molecule has 0 aromatic heterocycles. The molecule has 0 saturated carbocycles. The minimum atomic E-state index is -0.754. The number of hydrogen-bond acceptors (Lipinski definition) is 3. The van der Waals surface area contributed by atoms with Crippen molar-refractivity contribution in [3.05, 3.63) is 69.3 Å². The SMILES string of the molecule is NC(=O)[C@H](Cc1cccc(I)c1)NC(=O)COCc1ccccc1. The molecule has 0 radical (unpaired) electrons. The van der Waals surface area contributed by atoms with Crippen molar-refractivity contribution < 1.29 is 14.3 Å². The van der Waals surface area contributed by atoms with Crippen LogP contribution in [0.2, 0.25) is 0 Å². The van der Waals surface area contributed by atoms with E-state index in [0.717, 1.165) is 14.7 Å². The van der Waals surface area contributed by atoms with E-state index < -0.39 is 11.9 Å². The molecule has 0 aliphatic heterocycles. The molecule has 24 heavy (non-hydrogen) atoms.